The lowest BCUT2D eigenvalue weighted by molar-refractivity contribution is -0.152. The Morgan fingerprint density at radius 1 is 1.25 bits per heavy atom. The van der Waals surface area contributed by atoms with Crippen molar-refractivity contribution in [3.05, 3.63) is 35.9 Å². The fraction of sp³-hybridized carbons (Fsp3) is 0.562. The summed E-state index contributed by atoms with van der Waals surface area (Å²) in [4.78, 5) is 12.5. The maximum absolute atomic E-state index is 12.5. The molecule has 0 aliphatic heterocycles. The van der Waals surface area contributed by atoms with E-state index in [-0.39, 0.29) is 5.97 Å². The van der Waals surface area contributed by atoms with E-state index in [1.807, 2.05) is 37.3 Å². The first kappa shape index (κ1) is 16.7. The second-order valence-corrected chi connectivity index (χ2v) is 4.66. The van der Waals surface area contributed by atoms with Crippen LogP contribution >= 0.6 is 0 Å². The summed E-state index contributed by atoms with van der Waals surface area (Å²) in [7, 11) is 1.64. The third kappa shape index (κ3) is 4.05. The molecule has 0 spiro atoms. The molecule has 0 amide bonds. The molecule has 0 saturated carbocycles. The average Bonchev–Trinajstić information content (AvgIpc) is 2.49. The van der Waals surface area contributed by atoms with Gasteiger partial charge >= 0.3 is 5.97 Å². The smallest absolute Gasteiger partial charge is 0.331 e. The molecule has 0 aliphatic carbocycles. The molecular weight excluding hydrogens is 254 g/mol. The minimum absolute atomic E-state index is 0.239. The molecule has 4 heteroatoms. The van der Waals surface area contributed by atoms with Crippen LogP contribution in [0.15, 0.2) is 30.3 Å². The molecule has 1 aromatic carbocycles. The van der Waals surface area contributed by atoms with Crippen molar-refractivity contribution in [1.29, 1.82) is 0 Å². The predicted molar refractivity (Wildman–Crippen MR) is 79.5 cm³/mol. The average molecular weight is 279 g/mol. The second kappa shape index (κ2) is 8.72. The summed E-state index contributed by atoms with van der Waals surface area (Å²) in [5.74, 6) is -0.239. The van der Waals surface area contributed by atoms with Crippen LogP contribution in [0.3, 0.4) is 0 Å². The lowest BCUT2D eigenvalue weighted by atomic mass is 9.86. The van der Waals surface area contributed by atoms with Gasteiger partial charge in [0, 0.05) is 20.1 Å². The lowest BCUT2D eigenvalue weighted by Crippen LogP contribution is -2.51. The molecule has 4 nitrogen and oxygen atoms in total. The van der Waals surface area contributed by atoms with Crippen molar-refractivity contribution in [2.45, 2.75) is 32.2 Å². The van der Waals surface area contributed by atoms with Crippen molar-refractivity contribution in [3.63, 3.8) is 0 Å². The minimum Gasteiger partial charge on any atom is -0.464 e. The van der Waals surface area contributed by atoms with Crippen molar-refractivity contribution in [2.75, 3.05) is 26.9 Å². The van der Waals surface area contributed by atoms with E-state index >= 15 is 0 Å². The highest BCUT2D eigenvalue weighted by Crippen LogP contribution is 2.27. The molecule has 112 valence electrons. The van der Waals surface area contributed by atoms with Crippen LogP contribution in [0.4, 0.5) is 0 Å². The summed E-state index contributed by atoms with van der Waals surface area (Å²) in [6.07, 6.45) is 1.49. The summed E-state index contributed by atoms with van der Waals surface area (Å²) in [6, 6.07) is 9.72. The maximum Gasteiger partial charge on any atom is 0.331 e. The largest absolute Gasteiger partial charge is 0.464 e. The molecule has 1 N–H and O–H groups in total. The molecular formula is C16H25NO3. The number of carbonyl (C=O) groups is 1. The van der Waals surface area contributed by atoms with Gasteiger partial charge in [-0.3, -0.25) is 5.32 Å². The molecule has 1 aromatic rings. The van der Waals surface area contributed by atoms with Crippen molar-refractivity contribution in [3.8, 4) is 0 Å². The monoisotopic (exact) mass is 279 g/mol. The third-order valence-corrected chi connectivity index (χ3v) is 3.25. The Labute approximate surface area is 121 Å². The van der Waals surface area contributed by atoms with E-state index in [1.54, 1.807) is 7.11 Å². The maximum atomic E-state index is 12.5. The Balaban J connectivity index is 3.13. The summed E-state index contributed by atoms with van der Waals surface area (Å²) in [5, 5.41) is 3.36. The number of ether oxygens (including phenoxy) is 2. The highest BCUT2D eigenvalue weighted by molar-refractivity contribution is 5.82. The molecule has 0 heterocycles. The number of hydrogen-bond acceptors (Lipinski definition) is 4. The van der Waals surface area contributed by atoms with E-state index in [4.69, 9.17) is 9.47 Å². The van der Waals surface area contributed by atoms with Crippen molar-refractivity contribution >= 4 is 5.97 Å². The molecule has 0 aliphatic rings. The molecule has 0 radical (unpaired) electrons. The first-order valence-electron chi connectivity index (χ1n) is 7.18. The van der Waals surface area contributed by atoms with Gasteiger partial charge in [0.05, 0.1) is 6.61 Å². The summed E-state index contributed by atoms with van der Waals surface area (Å²) in [5.41, 5.74) is 0.0903. The Morgan fingerprint density at radius 3 is 2.50 bits per heavy atom. The zero-order chi connectivity index (χ0) is 14.8. The van der Waals surface area contributed by atoms with E-state index < -0.39 is 5.54 Å². The minimum atomic E-state index is -0.830. The van der Waals surface area contributed by atoms with Crippen LogP contribution in [0.1, 0.15) is 32.3 Å². The molecule has 0 saturated heterocycles. The van der Waals surface area contributed by atoms with Crippen LogP contribution < -0.4 is 5.32 Å². The number of carbonyl (C=O) groups excluding carboxylic acids is 1. The number of rotatable bonds is 9. The standard InChI is InChI=1S/C16H25NO3/c1-4-12-17-16(11-13-19-3,15(18)20-5-2)14-9-7-6-8-10-14/h6-10,17H,4-5,11-13H2,1-3H3. The fourth-order valence-electron chi connectivity index (χ4n) is 2.20. The van der Waals surface area contributed by atoms with Gasteiger partial charge in [0.2, 0.25) is 0 Å². The summed E-state index contributed by atoms with van der Waals surface area (Å²) in [6.45, 7) is 5.50. The molecule has 0 fully saturated rings. The lowest BCUT2D eigenvalue weighted by Gasteiger charge is -2.33. The number of benzene rings is 1. The van der Waals surface area contributed by atoms with E-state index in [9.17, 15) is 4.79 Å². The normalized spacial score (nSPS) is 13.8. The molecule has 1 rings (SSSR count). The number of nitrogens with one attached hydrogen (secondary N) is 1. The van der Waals surface area contributed by atoms with Gasteiger partial charge in [-0.1, -0.05) is 37.3 Å². The topological polar surface area (TPSA) is 47.6 Å². The number of methoxy groups -OCH3 is 1. The van der Waals surface area contributed by atoms with Gasteiger partial charge in [-0.25, -0.2) is 4.79 Å². The Bertz CT molecular complexity index is 384. The van der Waals surface area contributed by atoms with Gasteiger partial charge in [0.25, 0.3) is 0 Å². The van der Waals surface area contributed by atoms with Gasteiger partial charge in [0.1, 0.15) is 5.54 Å². The van der Waals surface area contributed by atoms with Crippen molar-refractivity contribution in [2.24, 2.45) is 0 Å². The molecule has 0 bridgehead atoms. The molecule has 1 atom stereocenters. The van der Waals surface area contributed by atoms with Crippen LogP contribution in [0.2, 0.25) is 0 Å². The molecule has 20 heavy (non-hydrogen) atoms. The summed E-state index contributed by atoms with van der Waals surface area (Å²) < 4.78 is 10.5. The zero-order valence-corrected chi connectivity index (χ0v) is 12.6. The van der Waals surface area contributed by atoms with Gasteiger partial charge in [-0.05, 0) is 25.5 Å². The van der Waals surface area contributed by atoms with Crippen molar-refractivity contribution < 1.29 is 14.3 Å². The van der Waals surface area contributed by atoms with Crippen LogP contribution in [0, 0.1) is 0 Å². The van der Waals surface area contributed by atoms with Crippen molar-refractivity contribution in [1.82, 2.24) is 5.32 Å². The first-order valence-corrected chi connectivity index (χ1v) is 7.18. The van der Waals surface area contributed by atoms with E-state index in [1.165, 1.54) is 0 Å². The number of hydrogen-bond donors (Lipinski definition) is 1. The number of esters is 1. The Morgan fingerprint density at radius 2 is 1.95 bits per heavy atom. The second-order valence-electron chi connectivity index (χ2n) is 4.66. The molecule has 1 unspecified atom stereocenters. The molecule has 0 aromatic heterocycles. The first-order chi connectivity index (χ1) is 9.71. The van der Waals surface area contributed by atoms with E-state index in [2.05, 4.69) is 12.2 Å². The zero-order valence-electron chi connectivity index (χ0n) is 12.6. The Hall–Kier alpha value is -1.39. The van der Waals surface area contributed by atoms with Crippen LogP contribution in [0.25, 0.3) is 0 Å². The summed E-state index contributed by atoms with van der Waals surface area (Å²) >= 11 is 0. The van der Waals surface area contributed by atoms with Crippen LogP contribution in [-0.2, 0) is 19.8 Å². The Kier molecular flexibility index (Phi) is 7.26. The van der Waals surface area contributed by atoms with Gasteiger partial charge in [0.15, 0.2) is 0 Å². The highest BCUT2D eigenvalue weighted by Gasteiger charge is 2.40. The van der Waals surface area contributed by atoms with Gasteiger partial charge < -0.3 is 9.47 Å². The highest BCUT2D eigenvalue weighted by atomic mass is 16.5. The SMILES string of the molecule is CCCNC(CCOC)(C(=O)OCC)c1ccccc1. The fourth-order valence-corrected chi connectivity index (χ4v) is 2.20. The van der Waals surface area contributed by atoms with E-state index in [0.29, 0.717) is 19.6 Å². The van der Waals surface area contributed by atoms with Gasteiger partial charge in [-0.15, -0.1) is 0 Å². The van der Waals surface area contributed by atoms with Gasteiger partial charge in [-0.2, -0.15) is 0 Å². The van der Waals surface area contributed by atoms with Crippen LogP contribution in [-0.4, -0.2) is 32.8 Å². The predicted octanol–water partition coefficient (Wildman–Crippen LogP) is 2.48. The van der Waals surface area contributed by atoms with Crippen LogP contribution in [0.5, 0.6) is 0 Å². The van der Waals surface area contributed by atoms with E-state index in [0.717, 1.165) is 18.5 Å². The third-order valence-electron chi connectivity index (χ3n) is 3.25. The quantitative estimate of drug-likeness (QED) is 0.706.